The van der Waals surface area contributed by atoms with E-state index >= 15 is 0 Å². The summed E-state index contributed by atoms with van der Waals surface area (Å²) in [4.78, 5) is 30.4. The number of aromatic nitrogens is 2. The number of carbonyl (C=O) groups is 2. The van der Waals surface area contributed by atoms with E-state index in [1.54, 1.807) is 54.1 Å². The van der Waals surface area contributed by atoms with E-state index in [0.717, 1.165) is 4.47 Å². The number of amides is 2. The Labute approximate surface area is 274 Å². The van der Waals surface area contributed by atoms with Gasteiger partial charge in [-0.05, 0) is 66.9 Å². The van der Waals surface area contributed by atoms with Gasteiger partial charge in [0.2, 0.25) is 5.95 Å². The molecule has 0 fully saturated rings. The second-order valence-corrected chi connectivity index (χ2v) is 11.8. The Morgan fingerprint density at radius 3 is 2.56 bits per heavy atom. The lowest BCUT2D eigenvalue weighted by atomic mass is 10.0. The average Bonchev–Trinajstić information content (AvgIpc) is 3.30. The number of anilines is 3. The highest BCUT2D eigenvalue weighted by Crippen LogP contribution is 2.33. The minimum absolute atomic E-state index is 0.0194. The Bertz CT molecular complexity index is 1840. The molecule has 0 saturated carbocycles. The van der Waals surface area contributed by atoms with E-state index in [4.69, 9.17) is 27.9 Å². The summed E-state index contributed by atoms with van der Waals surface area (Å²) in [5.41, 5.74) is 2.33. The Morgan fingerprint density at radius 2 is 1.84 bits per heavy atom. The van der Waals surface area contributed by atoms with Crippen molar-refractivity contribution < 1.29 is 27.5 Å². The van der Waals surface area contributed by atoms with Gasteiger partial charge in [0.05, 0.1) is 32.9 Å². The normalized spacial score (nSPS) is 13.2. The lowest BCUT2D eigenvalue weighted by Crippen LogP contribution is -2.26. The van der Waals surface area contributed by atoms with Crippen LogP contribution < -0.4 is 20.7 Å². The number of hydrogen-bond donors (Lipinski definition) is 3. The zero-order valence-electron chi connectivity index (χ0n) is 23.6. The molecule has 4 aromatic rings. The minimum atomic E-state index is -2.75. The molecular weight excluding hydrogens is 698 g/mol. The standard InChI is InChI=1S/C31H25BrCl2F3N5O3/c1-42-25-13-26(45-15-27(36)37)19(29(43)39-18-8-6-17(32)7-9-18)12-24(25)41-31(42)40-23-11-16(5-10-20(23)33)14-38-30(44)28-21(34)3-2-4-22(28)35/h4-13,27H,2-3,14-15H2,1H3,(H,38,44)(H,39,43)(H,40,41). The van der Waals surface area contributed by atoms with Crippen LogP contribution in [0.25, 0.3) is 11.0 Å². The zero-order valence-corrected chi connectivity index (χ0v) is 26.7. The first-order valence-corrected chi connectivity index (χ1v) is 15.1. The Hall–Kier alpha value is -4.00. The lowest BCUT2D eigenvalue weighted by molar-refractivity contribution is -0.117. The maximum Gasteiger partial charge on any atom is 0.272 e. The third kappa shape index (κ3) is 7.63. The second kappa shape index (κ2) is 14.0. The summed E-state index contributed by atoms with van der Waals surface area (Å²) >= 11 is 15.9. The van der Waals surface area contributed by atoms with E-state index in [2.05, 4.69) is 36.9 Å². The van der Waals surface area contributed by atoms with Crippen molar-refractivity contribution in [3.63, 3.8) is 0 Å². The number of imidazole rings is 1. The van der Waals surface area contributed by atoms with Crippen LogP contribution in [0.5, 0.6) is 5.75 Å². The number of ether oxygens (including phenoxy) is 1. The van der Waals surface area contributed by atoms with Crippen LogP contribution in [-0.4, -0.2) is 34.4 Å². The van der Waals surface area contributed by atoms with Crippen molar-refractivity contribution in [2.75, 3.05) is 17.2 Å². The minimum Gasteiger partial charge on any atom is -0.487 e. The first-order valence-electron chi connectivity index (χ1n) is 13.6. The molecule has 2 amide bonds. The van der Waals surface area contributed by atoms with Crippen LogP contribution >= 0.6 is 39.1 Å². The van der Waals surface area contributed by atoms with Crippen molar-refractivity contribution in [1.82, 2.24) is 14.9 Å². The Balaban J connectivity index is 1.39. The molecule has 0 spiro atoms. The number of fused-ring (bicyclic) bond motifs is 1. The molecule has 1 aromatic heterocycles. The Kier molecular flexibility index (Phi) is 10.1. The molecule has 45 heavy (non-hydrogen) atoms. The summed E-state index contributed by atoms with van der Waals surface area (Å²) in [6, 6.07) is 14.8. The largest absolute Gasteiger partial charge is 0.487 e. The molecule has 1 aliphatic carbocycles. The molecule has 3 N–H and O–H groups in total. The molecule has 234 valence electrons. The van der Waals surface area contributed by atoms with Gasteiger partial charge in [-0.15, -0.1) is 0 Å². The maximum absolute atomic E-state index is 14.2. The number of aryl methyl sites for hydroxylation is 1. The van der Waals surface area contributed by atoms with Gasteiger partial charge in [0.1, 0.15) is 18.2 Å². The van der Waals surface area contributed by atoms with Crippen LogP contribution in [0.1, 0.15) is 28.8 Å². The molecule has 1 aliphatic rings. The smallest absolute Gasteiger partial charge is 0.272 e. The number of alkyl halides is 2. The lowest BCUT2D eigenvalue weighted by Gasteiger charge is -2.14. The van der Waals surface area contributed by atoms with E-state index in [1.165, 1.54) is 18.2 Å². The van der Waals surface area contributed by atoms with E-state index < -0.39 is 30.7 Å². The van der Waals surface area contributed by atoms with Gasteiger partial charge in [-0.3, -0.25) is 9.59 Å². The number of halogens is 6. The number of allylic oxidation sites excluding steroid dienone is 2. The highest BCUT2D eigenvalue weighted by Gasteiger charge is 2.23. The number of benzene rings is 3. The van der Waals surface area contributed by atoms with Gasteiger partial charge in [0.25, 0.3) is 18.2 Å². The SMILES string of the molecule is Cn1c(Nc2cc(CNC(=O)C3=C(Cl)CCC=C3F)ccc2Cl)nc2cc(C(=O)Nc3ccc(Br)cc3)c(OCC(F)F)cc21. The fourth-order valence-electron chi connectivity index (χ4n) is 4.60. The summed E-state index contributed by atoms with van der Waals surface area (Å²) in [7, 11) is 1.69. The van der Waals surface area contributed by atoms with Gasteiger partial charge in [-0.2, -0.15) is 0 Å². The molecule has 0 atom stereocenters. The highest BCUT2D eigenvalue weighted by molar-refractivity contribution is 9.10. The van der Waals surface area contributed by atoms with Crippen LogP contribution in [0.2, 0.25) is 5.02 Å². The predicted octanol–water partition coefficient (Wildman–Crippen LogP) is 8.39. The molecule has 0 bridgehead atoms. The first-order chi connectivity index (χ1) is 21.5. The number of rotatable bonds is 10. The van der Waals surface area contributed by atoms with Crippen LogP contribution in [0, 0.1) is 0 Å². The number of nitrogens with one attached hydrogen (secondary N) is 3. The van der Waals surface area contributed by atoms with E-state index in [-0.39, 0.29) is 28.5 Å². The van der Waals surface area contributed by atoms with Gasteiger partial charge < -0.3 is 25.3 Å². The van der Waals surface area contributed by atoms with E-state index in [1.807, 2.05) is 0 Å². The third-order valence-corrected chi connectivity index (χ3v) is 8.08. The van der Waals surface area contributed by atoms with Gasteiger partial charge in [-0.25, -0.2) is 18.2 Å². The summed E-state index contributed by atoms with van der Waals surface area (Å²) in [5.74, 6) is -1.56. The zero-order chi connectivity index (χ0) is 32.2. The van der Waals surface area contributed by atoms with Crippen LogP contribution in [-0.2, 0) is 18.4 Å². The monoisotopic (exact) mass is 721 g/mol. The topological polar surface area (TPSA) is 97.3 Å². The van der Waals surface area contributed by atoms with Crippen LogP contribution in [0.4, 0.5) is 30.5 Å². The van der Waals surface area contributed by atoms with Crippen LogP contribution in [0.15, 0.2) is 81.6 Å². The fraction of sp³-hybridized carbons (Fsp3) is 0.194. The molecule has 14 heteroatoms. The van der Waals surface area contributed by atoms with Gasteiger partial charge in [0, 0.05) is 34.9 Å². The van der Waals surface area contributed by atoms with Crippen molar-refractivity contribution in [1.29, 1.82) is 0 Å². The van der Waals surface area contributed by atoms with Crippen molar-refractivity contribution in [3.05, 3.63) is 97.7 Å². The van der Waals surface area contributed by atoms with Gasteiger partial charge >= 0.3 is 0 Å². The molecule has 0 saturated heterocycles. The van der Waals surface area contributed by atoms with Crippen molar-refractivity contribution in [2.24, 2.45) is 7.05 Å². The third-order valence-electron chi connectivity index (χ3n) is 6.85. The number of hydrogen-bond acceptors (Lipinski definition) is 5. The fourth-order valence-corrected chi connectivity index (χ4v) is 5.31. The molecule has 5 rings (SSSR count). The first kappa shape index (κ1) is 32.4. The quantitative estimate of drug-likeness (QED) is 0.153. The van der Waals surface area contributed by atoms with Gasteiger partial charge in [-0.1, -0.05) is 45.2 Å². The van der Waals surface area contributed by atoms with E-state index in [9.17, 15) is 22.8 Å². The Morgan fingerprint density at radius 1 is 1.09 bits per heavy atom. The predicted molar refractivity (Wildman–Crippen MR) is 172 cm³/mol. The maximum atomic E-state index is 14.2. The molecule has 0 aliphatic heterocycles. The molecule has 0 unspecified atom stereocenters. The van der Waals surface area contributed by atoms with Crippen molar-refractivity contribution >= 4 is 79.3 Å². The van der Waals surface area contributed by atoms with Crippen LogP contribution in [0.3, 0.4) is 0 Å². The second-order valence-electron chi connectivity index (χ2n) is 9.99. The number of nitrogens with zero attached hydrogens (tertiary/aromatic N) is 2. The summed E-state index contributed by atoms with van der Waals surface area (Å²) < 4.78 is 48.1. The number of carbonyl (C=O) groups excluding carboxylic acids is 2. The molecule has 3 aromatic carbocycles. The van der Waals surface area contributed by atoms with E-state index in [0.29, 0.717) is 51.8 Å². The summed E-state index contributed by atoms with van der Waals surface area (Å²) in [6.45, 7) is -0.839. The molecule has 0 radical (unpaired) electrons. The molecule has 1 heterocycles. The molecular formula is C31H25BrCl2F3N5O3. The molecule has 8 nitrogen and oxygen atoms in total. The highest BCUT2D eigenvalue weighted by atomic mass is 79.9. The summed E-state index contributed by atoms with van der Waals surface area (Å²) in [6.07, 6.45) is -0.603. The van der Waals surface area contributed by atoms with Crippen molar-refractivity contribution in [2.45, 2.75) is 25.8 Å². The van der Waals surface area contributed by atoms with Gasteiger partial charge in [0.15, 0.2) is 0 Å². The van der Waals surface area contributed by atoms with Crippen molar-refractivity contribution in [3.8, 4) is 5.75 Å². The summed E-state index contributed by atoms with van der Waals surface area (Å²) in [5, 5.41) is 9.07. The average molecular weight is 723 g/mol.